The van der Waals surface area contributed by atoms with Crippen molar-refractivity contribution in [3.63, 3.8) is 0 Å². The molecule has 1 N–H and O–H groups in total. The molecule has 1 fully saturated rings. The highest BCUT2D eigenvalue weighted by Gasteiger charge is 2.48. The molecule has 1 heterocycles. The van der Waals surface area contributed by atoms with Gasteiger partial charge in [-0.25, -0.2) is 5.32 Å². The van der Waals surface area contributed by atoms with Crippen molar-refractivity contribution in [2.75, 3.05) is 0 Å². The van der Waals surface area contributed by atoms with E-state index in [0.717, 1.165) is 16.8 Å². The molecule has 0 atom stereocenters. The minimum Gasteiger partial charge on any atom is -0.378 e. The highest BCUT2D eigenvalue weighted by molar-refractivity contribution is 6.81. The van der Waals surface area contributed by atoms with Crippen molar-refractivity contribution < 1.29 is 5.11 Å². The molecule has 0 saturated carbocycles. The summed E-state index contributed by atoms with van der Waals surface area (Å²) in [6.45, 7) is 6.80. The van der Waals surface area contributed by atoms with Crippen LogP contribution in [0.15, 0.2) is 60.7 Å². The SMILES string of the molecule is C[Si](C)(C)[C]1[CH][CH][C](C(O)(c2ccccc2)c2ccccc2)[N]1. The van der Waals surface area contributed by atoms with Crippen molar-refractivity contribution in [3.8, 4) is 0 Å². The number of benzene rings is 2. The Balaban J connectivity index is 2.01. The van der Waals surface area contributed by atoms with Gasteiger partial charge >= 0.3 is 0 Å². The molecule has 0 bridgehead atoms. The predicted molar refractivity (Wildman–Crippen MR) is 96.4 cm³/mol. The third-order valence-corrected chi connectivity index (χ3v) is 5.98. The average Bonchev–Trinajstić information content (AvgIpc) is 3.06. The minimum absolute atomic E-state index is 0.701. The van der Waals surface area contributed by atoms with Crippen LogP contribution in [0.4, 0.5) is 0 Å². The molecule has 117 valence electrons. The van der Waals surface area contributed by atoms with Gasteiger partial charge in [0.15, 0.2) is 0 Å². The van der Waals surface area contributed by atoms with Crippen molar-refractivity contribution in [2.24, 2.45) is 0 Å². The van der Waals surface area contributed by atoms with Crippen molar-refractivity contribution in [2.45, 2.75) is 25.2 Å². The van der Waals surface area contributed by atoms with Gasteiger partial charge in [0, 0.05) is 5.67 Å². The zero-order chi connectivity index (χ0) is 16.5. The van der Waals surface area contributed by atoms with Gasteiger partial charge in [0.2, 0.25) is 0 Å². The molecule has 23 heavy (non-hydrogen) atoms. The van der Waals surface area contributed by atoms with E-state index in [1.165, 1.54) is 0 Å². The molecule has 0 spiro atoms. The summed E-state index contributed by atoms with van der Waals surface area (Å²) in [6.07, 6.45) is 4.03. The van der Waals surface area contributed by atoms with Crippen LogP contribution in [0.25, 0.3) is 0 Å². The molecule has 1 aliphatic rings. The number of rotatable bonds is 4. The molecular formula is C20H22NOSi. The van der Waals surface area contributed by atoms with E-state index in [4.69, 9.17) is 5.32 Å². The Morgan fingerprint density at radius 3 is 1.65 bits per heavy atom. The molecule has 2 nitrogen and oxygen atoms in total. The van der Waals surface area contributed by atoms with Crippen LogP contribution >= 0.6 is 0 Å². The van der Waals surface area contributed by atoms with E-state index in [0.29, 0.717) is 6.04 Å². The van der Waals surface area contributed by atoms with E-state index < -0.39 is 13.7 Å². The van der Waals surface area contributed by atoms with Crippen LogP contribution in [-0.4, -0.2) is 13.2 Å². The van der Waals surface area contributed by atoms with Gasteiger partial charge in [0.05, 0.1) is 8.07 Å². The molecule has 2 aromatic rings. The number of hydrogen-bond donors (Lipinski definition) is 1. The zero-order valence-corrected chi connectivity index (χ0v) is 14.8. The van der Waals surface area contributed by atoms with E-state index in [9.17, 15) is 5.11 Å². The third-order valence-electron chi connectivity index (χ3n) is 4.16. The Kier molecular flexibility index (Phi) is 4.45. The van der Waals surface area contributed by atoms with Gasteiger partial charge in [0.25, 0.3) is 0 Å². The predicted octanol–water partition coefficient (Wildman–Crippen LogP) is 3.89. The fraction of sp³-hybridized carbons (Fsp3) is 0.200. The molecule has 2 aromatic carbocycles. The van der Waals surface area contributed by atoms with Crippen LogP contribution in [0.1, 0.15) is 11.1 Å². The van der Waals surface area contributed by atoms with Gasteiger partial charge in [-0.3, -0.25) is 0 Å². The molecular weight excluding hydrogens is 298 g/mol. The number of hydrogen-bond acceptors (Lipinski definition) is 1. The molecule has 0 aromatic heterocycles. The molecule has 3 rings (SSSR count). The summed E-state index contributed by atoms with van der Waals surface area (Å²) in [6, 6.07) is 20.2. The van der Waals surface area contributed by atoms with E-state index in [2.05, 4.69) is 26.1 Å². The fourth-order valence-corrected chi connectivity index (χ4v) is 3.84. The lowest BCUT2D eigenvalue weighted by molar-refractivity contribution is 0.0926. The normalized spacial score (nSPS) is 17.6. The Hall–Kier alpha value is -1.42. The standard InChI is InChI=1S/C20H22NOSi/c1-23(2,3)19-15-14-18(21-19)20(22,16-10-6-4-7-11-16)17-12-8-5-9-13-17/h4-15,22H,1-3H3. The van der Waals surface area contributed by atoms with Gasteiger partial charge in [-0.2, -0.15) is 0 Å². The van der Waals surface area contributed by atoms with Gasteiger partial charge in [-0.05, 0) is 24.0 Å². The highest BCUT2D eigenvalue weighted by Crippen LogP contribution is 2.45. The maximum atomic E-state index is 11.7. The van der Waals surface area contributed by atoms with Gasteiger partial charge in [-0.1, -0.05) is 80.3 Å². The zero-order valence-electron chi connectivity index (χ0n) is 13.8. The second-order valence-corrected chi connectivity index (χ2v) is 11.9. The smallest absolute Gasteiger partial charge is 0.137 e. The molecule has 0 unspecified atom stereocenters. The topological polar surface area (TPSA) is 34.3 Å². The molecule has 1 aliphatic heterocycles. The van der Waals surface area contributed by atoms with Gasteiger partial charge in [-0.15, -0.1) is 0 Å². The molecule has 1 saturated heterocycles. The monoisotopic (exact) mass is 320 g/mol. The lowest BCUT2D eigenvalue weighted by Crippen LogP contribution is -2.41. The summed E-state index contributed by atoms with van der Waals surface area (Å²) in [5.41, 5.74) is 1.58. The second-order valence-electron chi connectivity index (χ2n) is 6.91. The van der Waals surface area contributed by atoms with E-state index in [-0.39, 0.29) is 0 Å². The lowest BCUT2D eigenvalue weighted by Gasteiger charge is -2.35. The summed E-state index contributed by atoms with van der Waals surface area (Å²) >= 11 is 0. The lowest BCUT2D eigenvalue weighted by atomic mass is 9.79. The quantitative estimate of drug-likeness (QED) is 0.852. The Bertz CT molecular complexity index is 596. The summed E-state index contributed by atoms with van der Waals surface area (Å²) in [5, 5.41) is 16.5. The van der Waals surface area contributed by atoms with Crippen LogP contribution in [0.2, 0.25) is 19.6 Å². The number of aliphatic hydroxyl groups is 1. The van der Waals surface area contributed by atoms with Crippen LogP contribution in [0, 0.1) is 24.5 Å². The van der Waals surface area contributed by atoms with Crippen LogP contribution in [-0.2, 0) is 5.60 Å². The van der Waals surface area contributed by atoms with Crippen molar-refractivity contribution in [1.29, 1.82) is 0 Å². The van der Waals surface area contributed by atoms with Crippen LogP contribution in [0.5, 0.6) is 0 Å². The minimum atomic E-state index is -1.52. The largest absolute Gasteiger partial charge is 0.378 e. The Labute approximate surface area is 140 Å². The first-order valence-electron chi connectivity index (χ1n) is 7.90. The first-order chi connectivity index (χ1) is 10.9. The molecule has 0 amide bonds. The Morgan fingerprint density at radius 1 is 0.783 bits per heavy atom. The first-order valence-corrected chi connectivity index (χ1v) is 11.4. The second kappa shape index (κ2) is 6.23. The molecule has 3 heteroatoms. The summed E-state index contributed by atoms with van der Waals surface area (Å²) in [5.74, 6) is 0. The highest BCUT2D eigenvalue weighted by atomic mass is 28.3. The van der Waals surface area contributed by atoms with Crippen molar-refractivity contribution >= 4 is 8.07 Å². The molecule has 0 aliphatic carbocycles. The van der Waals surface area contributed by atoms with Crippen LogP contribution < -0.4 is 5.32 Å². The first kappa shape index (κ1) is 16.4. The average molecular weight is 320 g/mol. The van der Waals surface area contributed by atoms with Crippen molar-refractivity contribution in [3.05, 3.63) is 96.3 Å². The van der Waals surface area contributed by atoms with Gasteiger partial charge in [0.1, 0.15) is 11.6 Å². The van der Waals surface area contributed by atoms with E-state index in [1.54, 1.807) is 0 Å². The number of nitrogens with zero attached hydrogens (tertiary/aromatic N) is 1. The summed E-state index contributed by atoms with van der Waals surface area (Å²) in [7, 11) is -1.52. The van der Waals surface area contributed by atoms with Gasteiger partial charge < -0.3 is 5.11 Å². The van der Waals surface area contributed by atoms with Crippen LogP contribution in [0.3, 0.4) is 0 Å². The van der Waals surface area contributed by atoms with E-state index >= 15 is 0 Å². The summed E-state index contributed by atoms with van der Waals surface area (Å²) in [4.78, 5) is 0. The van der Waals surface area contributed by atoms with Crippen molar-refractivity contribution in [1.82, 2.24) is 5.32 Å². The summed E-state index contributed by atoms with van der Waals surface area (Å²) < 4.78 is 0. The van der Waals surface area contributed by atoms with E-state index in [1.807, 2.05) is 67.1 Å². The molecule has 5 radical (unpaired) electrons. The maximum absolute atomic E-state index is 11.7. The maximum Gasteiger partial charge on any atom is 0.137 e. The Morgan fingerprint density at radius 2 is 1.26 bits per heavy atom. The fourth-order valence-electron chi connectivity index (χ4n) is 2.80. The third kappa shape index (κ3) is 3.14.